The summed E-state index contributed by atoms with van der Waals surface area (Å²) < 4.78 is 37.8. The van der Waals surface area contributed by atoms with E-state index in [9.17, 15) is 8.42 Å². The molecule has 0 radical (unpaired) electrons. The summed E-state index contributed by atoms with van der Waals surface area (Å²) >= 11 is 1.53. The van der Waals surface area contributed by atoms with Gasteiger partial charge >= 0.3 is 0 Å². The molecule has 0 aliphatic carbocycles. The van der Waals surface area contributed by atoms with Gasteiger partial charge in [-0.2, -0.15) is 4.31 Å². The topological polar surface area (TPSA) is 73.2 Å². The summed E-state index contributed by atoms with van der Waals surface area (Å²) in [5, 5.41) is 0.778. The molecule has 9 heteroatoms. The van der Waals surface area contributed by atoms with Crippen molar-refractivity contribution in [2.45, 2.75) is 9.92 Å². The van der Waals surface area contributed by atoms with Crippen molar-refractivity contribution in [3.05, 3.63) is 42.6 Å². The van der Waals surface area contributed by atoms with Gasteiger partial charge in [0.2, 0.25) is 10.0 Å². The van der Waals surface area contributed by atoms with Gasteiger partial charge in [-0.25, -0.2) is 13.4 Å². The number of rotatable bonds is 8. The zero-order chi connectivity index (χ0) is 20.0. The van der Waals surface area contributed by atoms with Crippen molar-refractivity contribution in [1.29, 1.82) is 0 Å². The molecule has 0 spiro atoms. The average molecular weight is 425 g/mol. The SMILES string of the molecule is COc1ccc(OCCSc2ccc(S(=O)(=O)N3CC[NH+](C)CC3)cn2)cc1. The molecule has 2 heterocycles. The van der Waals surface area contributed by atoms with Crippen LogP contribution in [0.3, 0.4) is 0 Å². The number of hydrogen-bond acceptors (Lipinski definition) is 6. The van der Waals surface area contributed by atoms with E-state index < -0.39 is 10.0 Å². The number of aromatic nitrogens is 1. The number of pyridine rings is 1. The molecule has 1 aliphatic heterocycles. The number of hydrogen-bond donors (Lipinski definition) is 1. The quantitative estimate of drug-likeness (QED) is 0.499. The Morgan fingerprint density at radius 3 is 2.39 bits per heavy atom. The summed E-state index contributed by atoms with van der Waals surface area (Å²) in [5.74, 6) is 2.29. The van der Waals surface area contributed by atoms with Gasteiger partial charge in [0.25, 0.3) is 0 Å². The predicted octanol–water partition coefficient (Wildman–Crippen LogP) is 0.780. The van der Waals surface area contributed by atoms with Crippen LogP contribution in [-0.4, -0.2) is 70.4 Å². The molecule has 1 saturated heterocycles. The van der Waals surface area contributed by atoms with Crippen molar-refractivity contribution >= 4 is 21.8 Å². The summed E-state index contributed by atoms with van der Waals surface area (Å²) in [5.41, 5.74) is 0. The number of quaternary nitrogens is 1. The first kappa shape index (κ1) is 20.9. The van der Waals surface area contributed by atoms with Crippen molar-refractivity contribution < 1.29 is 22.8 Å². The first-order valence-corrected chi connectivity index (χ1v) is 11.6. The number of benzene rings is 1. The number of nitrogens with zero attached hydrogens (tertiary/aromatic N) is 2. The number of methoxy groups -OCH3 is 1. The van der Waals surface area contributed by atoms with E-state index in [-0.39, 0.29) is 4.90 Å². The summed E-state index contributed by atoms with van der Waals surface area (Å²) in [4.78, 5) is 5.91. The maximum absolute atomic E-state index is 12.7. The minimum atomic E-state index is -3.46. The zero-order valence-electron chi connectivity index (χ0n) is 16.1. The number of sulfonamides is 1. The van der Waals surface area contributed by atoms with Gasteiger partial charge in [0.05, 0.1) is 52.0 Å². The van der Waals surface area contributed by atoms with Gasteiger partial charge in [-0.05, 0) is 36.4 Å². The van der Waals surface area contributed by atoms with Crippen LogP contribution in [0.4, 0.5) is 0 Å². The van der Waals surface area contributed by atoms with Gasteiger partial charge in [-0.15, -0.1) is 11.8 Å². The van der Waals surface area contributed by atoms with E-state index in [1.807, 2.05) is 24.3 Å². The van der Waals surface area contributed by atoms with E-state index in [0.29, 0.717) is 25.4 Å². The molecule has 0 atom stereocenters. The Morgan fingerprint density at radius 2 is 1.79 bits per heavy atom. The normalized spacial score (nSPS) is 16.1. The number of nitrogens with one attached hydrogen (secondary N) is 1. The van der Waals surface area contributed by atoms with E-state index in [1.54, 1.807) is 23.5 Å². The second-order valence-electron chi connectivity index (χ2n) is 6.57. The Bertz CT molecular complexity index is 850. The molecular formula is C19H26N3O4S2+. The number of ether oxygens (including phenoxy) is 2. The fourth-order valence-corrected chi connectivity index (χ4v) is 4.89. The molecule has 0 unspecified atom stereocenters. The largest absolute Gasteiger partial charge is 0.497 e. The molecular weight excluding hydrogens is 398 g/mol. The molecule has 2 aromatic rings. The van der Waals surface area contributed by atoms with E-state index in [2.05, 4.69) is 12.0 Å². The third-order valence-corrected chi connectivity index (χ3v) is 7.37. The van der Waals surface area contributed by atoms with Crippen LogP contribution >= 0.6 is 11.8 Å². The smallest absolute Gasteiger partial charge is 0.245 e. The molecule has 1 aromatic carbocycles. The minimum Gasteiger partial charge on any atom is -0.497 e. The summed E-state index contributed by atoms with van der Waals surface area (Å²) in [6.07, 6.45) is 1.45. The molecule has 0 amide bonds. The van der Waals surface area contributed by atoms with Gasteiger partial charge in [0.1, 0.15) is 16.4 Å². The average Bonchev–Trinajstić information content (AvgIpc) is 2.72. The van der Waals surface area contributed by atoms with Crippen LogP contribution in [-0.2, 0) is 10.0 Å². The van der Waals surface area contributed by atoms with Crippen LogP contribution in [0.1, 0.15) is 0 Å². The summed E-state index contributed by atoms with van der Waals surface area (Å²) in [6.45, 7) is 3.28. The maximum atomic E-state index is 12.7. The van der Waals surface area contributed by atoms with Crippen LogP contribution in [0.2, 0.25) is 0 Å². The molecule has 1 aromatic heterocycles. The fraction of sp³-hybridized carbons (Fsp3) is 0.421. The Hall–Kier alpha value is -1.81. The Morgan fingerprint density at radius 1 is 1.11 bits per heavy atom. The van der Waals surface area contributed by atoms with Crippen molar-refractivity contribution in [2.24, 2.45) is 0 Å². The van der Waals surface area contributed by atoms with Crippen molar-refractivity contribution in [3.63, 3.8) is 0 Å². The van der Waals surface area contributed by atoms with Crippen LogP contribution in [0.25, 0.3) is 0 Å². The summed E-state index contributed by atoms with van der Waals surface area (Å²) in [7, 11) is 0.250. The lowest BCUT2D eigenvalue weighted by atomic mass is 10.3. The first-order valence-electron chi connectivity index (χ1n) is 9.16. The zero-order valence-corrected chi connectivity index (χ0v) is 17.8. The molecule has 28 heavy (non-hydrogen) atoms. The van der Waals surface area contributed by atoms with Crippen LogP contribution in [0, 0.1) is 0 Å². The van der Waals surface area contributed by atoms with Crippen molar-refractivity contribution in [2.75, 3.05) is 52.7 Å². The minimum absolute atomic E-state index is 0.255. The van der Waals surface area contributed by atoms with E-state index in [1.165, 1.54) is 22.9 Å². The highest BCUT2D eigenvalue weighted by Gasteiger charge is 2.29. The molecule has 0 saturated carbocycles. The number of likely N-dealkylation sites (N-methyl/N-ethyl adjacent to an activating group) is 1. The van der Waals surface area contributed by atoms with E-state index in [0.717, 1.165) is 29.6 Å². The van der Waals surface area contributed by atoms with Gasteiger partial charge in [-0.3, -0.25) is 0 Å². The summed E-state index contributed by atoms with van der Waals surface area (Å²) in [6, 6.07) is 10.8. The Labute approximate surface area is 170 Å². The molecule has 1 fully saturated rings. The highest BCUT2D eigenvalue weighted by atomic mass is 32.2. The highest BCUT2D eigenvalue weighted by molar-refractivity contribution is 7.99. The fourth-order valence-electron chi connectivity index (χ4n) is 2.84. The lowest BCUT2D eigenvalue weighted by molar-refractivity contribution is -0.883. The van der Waals surface area contributed by atoms with E-state index in [4.69, 9.17) is 9.47 Å². The van der Waals surface area contributed by atoms with Gasteiger partial charge in [0, 0.05) is 11.9 Å². The van der Waals surface area contributed by atoms with Crippen LogP contribution in [0.15, 0.2) is 52.5 Å². The molecule has 7 nitrogen and oxygen atoms in total. The van der Waals surface area contributed by atoms with Crippen molar-refractivity contribution in [1.82, 2.24) is 9.29 Å². The third-order valence-electron chi connectivity index (χ3n) is 4.58. The number of thioether (sulfide) groups is 1. The highest BCUT2D eigenvalue weighted by Crippen LogP contribution is 2.21. The number of piperazine rings is 1. The molecule has 0 bridgehead atoms. The van der Waals surface area contributed by atoms with Crippen LogP contribution < -0.4 is 14.4 Å². The van der Waals surface area contributed by atoms with Gasteiger partial charge < -0.3 is 14.4 Å². The van der Waals surface area contributed by atoms with Crippen LogP contribution in [0.5, 0.6) is 11.5 Å². The molecule has 1 aliphatic rings. The lowest BCUT2D eigenvalue weighted by Gasteiger charge is -2.29. The predicted molar refractivity (Wildman–Crippen MR) is 109 cm³/mol. The third kappa shape index (κ3) is 5.38. The monoisotopic (exact) mass is 424 g/mol. The molecule has 3 rings (SSSR count). The molecule has 1 N–H and O–H groups in total. The van der Waals surface area contributed by atoms with E-state index >= 15 is 0 Å². The maximum Gasteiger partial charge on any atom is 0.245 e. The van der Waals surface area contributed by atoms with Gasteiger partial charge in [-0.1, -0.05) is 0 Å². The van der Waals surface area contributed by atoms with Crippen molar-refractivity contribution in [3.8, 4) is 11.5 Å². The molecule has 152 valence electrons. The first-order chi connectivity index (χ1) is 13.5. The second kappa shape index (κ2) is 9.60. The van der Waals surface area contributed by atoms with Gasteiger partial charge in [0.15, 0.2) is 0 Å². The standard InChI is InChI=1S/C19H25N3O4S2/c1-21-9-11-22(12-10-21)28(23,24)18-7-8-19(20-15-18)27-14-13-26-17-5-3-16(25-2)4-6-17/h3-8,15H,9-14H2,1-2H3/p+1. The second-order valence-corrected chi connectivity index (χ2v) is 9.62. The Kier molecular flexibility index (Phi) is 7.17. The Balaban J connectivity index is 1.48. The lowest BCUT2D eigenvalue weighted by Crippen LogP contribution is -3.12.